The predicted octanol–water partition coefficient (Wildman–Crippen LogP) is 5.20. The number of halogens is 1. The van der Waals surface area contributed by atoms with Crippen LogP contribution < -0.4 is 10.1 Å². The van der Waals surface area contributed by atoms with Crippen LogP contribution in [-0.2, 0) is 11.3 Å². The molecule has 4 rings (SSSR count). The molecule has 1 N–H and O–H groups in total. The summed E-state index contributed by atoms with van der Waals surface area (Å²) in [7, 11) is 0. The van der Waals surface area contributed by atoms with Crippen molar-refractivity contribution in [3.63, 3.8) is 0 Å². The number of nitro benzene ring substituents is 1. The Hall–Kier alpha value is -3.50. The average Bonchev–Trinajstić information content (AvgIpc) is 3.39. The zero-order valence-corrected chi connectivity index (χ0v) is 22.1. The molecule has 11 heteroatoms. The molecule has 1 aliphatic heterocycles. The summed E-state index contributed by atoms with van der Waals surface area (Å²) in [4.78, 5) is 42.8. The molecule has 3 aromatic rings. The molecular weight excluding hydrogens is 516 g/mol. The quantitative estimate of drug-likeness (QED) is 0.309. The molecule has 1 saturated heterocycles. The molecule has 0 bridgehead atoms. The summed E-state index contributed by atoms with van der Waals surface area (Å²) < 4.78 is 5.95. The molecule has 2 heterocycles. The van der Waals surface area contributed by atoms with Crippen LogP contribution in [0.2, 0.25) is 5.02 Å². The minimum atomic E-state index is -1.07. The van der Waals surface area contributed by atoms with Crippen molar-refractivity contribution in [2.75, 3.05) is 13.1 Å². The second-order valence-corrected chi connectivity index (χ2v) is 10.5. The van der Waals surface area contributed by atoms with Crippen molar-refractivity contribution in [2.45, 2.75) is 44.8 Å². The number of nitrogens with zero attached hydrogens (tertiary/aromatic N) is 3. The number of nitrogens with one attached hydrogen (secondary N) is 1. The van der Waals surface area contributed by atoms with Crippen molar-refractivity contribution in [2.24, 2.45) is 0 Å². The largest absolute Gasteiger partial charge is 0.476 e. The van der Waals surface area contributed by atoms with E-state index >= 15 is 0 Å². The standard InChI is InChI=1S/C26H27ClN4O5S/c1-26(2,36-22-10-6-4-8-19(22)27)25(33)30-13-11-17(12-14-30)24-29-20(16-37-24)23(32)28-15-18-7-3-5-9-21(18)31(34)35/h3-10,16-17H,11-15H2,1-2H3,(H,28,32). The third-order valence-corrected chi connectivity index (χ3v) is 7.55. The SMILES string of the molecule is CC(C)(Oc1ccccc1Cl)C(=O)N1CCC(c2nc(C(=O)NCc3ccccc3[N+](=O)[O-])cs2)CC1. The third-order valence-electron chi connectivity index (χ3n) is 6.23. The number of thiazole rings is 1. The van der Waals surface area contributed by atoms with E-state index in [0.717, 1.165) is 17.8 Å². The van der Waals surface area contributed by atoms with Crippen LogP contribution in [0.1, 0.15) is 53.7 Å². The molecule has 0 atom stereocenters. The van der Waals surface area contributed by atoms with E-state index < -0.39 is 10.5 Å². The number of likely N-dealkylation sites (tertiary alicyclic amines) is 1. The fourth-order valence-electron chi connectivity index (χ4n) is 4.24. The topological polar surface area (TPSA) is 115 Å². The summed E-state index contributed by atoms with van der Waals surface area (Å²) in [6.45, 7) is 4.62. The summed E-state index contributed by atoms with van der Waals surface area (Å²) in [5.41, 5.74) is -0.400. The summed E-state index contributed by atoms with van der Waals surface area (Å²) in [5.74, 6) is 0.109. The Labute approximate surface area is 223 Å². The number of hydrogen-bond donors (Lipinski definition) is 1. The van der Waals surface area contributed by atoms with Gasteiger partial charge in [0.25, 0.3) is 17.5 Å². The Kier molecular flexibility index (Phi) is 8.09. The van der Waals surface area contributed by atoms with E-state index in [4.69, 9.17) is 16.3 Å². The summed E-state index contributed by atoms with van der Waals surface area (Å²) in [6, 6.07) is 13.4. The Morgan fingerprint density at radius 3 is 2.57 bits per heavy atom. The number of para-hydroxylation sites is 2. The van der Waals surface area contributed by atoms with E-state index in [0.29, 0.717) is 29.4 Å². The van der Waals surface area contributed by atoms with Gasteiger partial charge in [-0.05, 0) is 38.8 Å². The fourth-order valence-corrected chi connectivity index (χ4v) is 5.39. The zero-order chi connectivity index (χ0) is 26.6. The smallest absolute Gasteiger partial charge is 0.274 e. The van der Waals surface area contributed by atoms with Gasteiger partial charge in [0, 0.05) is 42.6 Å². The number of piperidine rings is 1. The number of hydrogen-bond acceptors (Lipinski definition) is 7. The Bertz CT molecular complexity index is 1300. The highest BCUT2D eigenvalue weighted by Crippen LogP contribution is 2.33. The number of aromatic nitrogens is 1. The van der Waals surface area contributed by atoms with Gasteiger partial charge in [-0.1, -0.05) is 41.9 Å². The highest BCUT2D eigenvalue weighted by Gasteiger charge is 2.37. The van der Waals surface area contributed by atoms with Crippen LogP contribution in [0.15, 0.2) is 53.9 Å². The van der Waals surface area contributed by atoms with Crippen LogP contribution in [0.5, 0.6) is 5.75 Å². The van der Waals surface area contributed by atoms with E-state index in [1.807, 2.05) is 0 Å². The van der Waals surface area contributed by atoms with Crippen molar-refractivity contribution >= 4 is 40.4 Å². The lowest BCUT2D eigenvalue weighted by Gasteiger charge is -2.36. The van der Waals surface area contributed by atoms with Crippen LogP contribution in [-0.4, -0.2) is 45.3 Å². The first-order valence-corrected chi connectivity index (χ1v) is 13.1. The van der Waals surface area contributed by atoms with E-state index in [1.165, 1.54) is 17.4 Å². The van der Waals surface area contributed by atoms with Gasteiger partial charge < -0.3 is 15.0 Å². The van der Waals surface area contributed by atoms with E-state index in [2.05, 4.69) is 10.3 Å². The molecule has 0 aliphatic carbocycles. The van der Waals surface area contributed by atoms with Crippen molar-refractivity contribution in [3.8, 4) is 5.75 Å². The highest BCUT2D eigenvalue weighted by atomic mass is 35.5. The minimum Gasteiger partial charge on any atom is -0.476 e. The van der Waals surface area contributed by atoms with Gasteiger partial charge >= 0.3 is 0 Å². The molecule has 37 heavy (non-hydrogen) atoms. The number of carbonyl (C=O) groups excluding carboxylic acids is 2. The molecule has 2 aromatic carbocycles. The van der Waals surface area contributed by atoms with Crippen LogP contribution in [0.3, 0.4) is 0 Å². The average molecular weight is 543 g/mol. The van der Waals surface area contributed by atoms with Gasteiger partial charge in [-0.2, -0.15) is 0 Å². The Morgan fingerprint density at radius 1 is 1.19 bits per heavy atom. The molecule has 1 fully saturated rings. The highest BCUT2D eigenvalue weighted by molar-refractivity contribution is 7.09. The van der Waals surface area contributed by atoms with Crippen LogP contribution >= 0.6 is 22.9 Å². The lowest BCUT2D eigenvalue weighted by atomic mass is 9.96. The summed E-state index contributed by atoms with van der Waals surface area (Å²) >= 11 is 7.60. The van der Waals surface area contributed by atoms with E-state index in [1.54, 1.807) is 66.6 Å². The van der Waals surface area contributed by atoms with Crippen LogP contribution in [0.4, 0.5) is 5.69 Å². The molecule has 0 saturated carbocycles. The fraction of sp³-hybridized carbons (Fsp3) is 0.346. The molecule has 0 unspecified atom stereocenters. The van der Waals surface area contributed by atoms with Gasteiger partial charge in [0.15, 0.2) is 5.60 Å². The normalized spacial score (nSPS) is 14.3. The lowest BCUT2D eigenvalue weighted by Crippen LogP contribution is -2.51. The number of carbonyl (C=O) groups is 2. The lowest BCUT2D eigenvalue weighted by molar-refractivity contribution is -0.385. The Morgan fingerprint density at radius 2 is 1.86 bits per heavy atom. The third kappa shape index (κ3) is 6.26. The van der Waals surface area contributed by atoms with Gasteiger partial charge in [-0.3, -0.25) is 19.7 Å². The zero-order valence-electron chi connectivity index (χ0n) is 20.5. The Balaban J connectivity index is 1.31. The minimum absolute atomic E-state index is 0.0371. The molecule has 0 radical (unpaired) electrons. The van der Waals surface area contributed by atoms with Crippen molar-refractivity contribution in [1.29, 1.82) is 0 Å². The first kappa shape index (κ1) is 26.6. The van der Waals surface area contributed by atoms with Gasteiger partial charge in [0.1, 0.15) is 11.4 Å². The number of benzene rings is 2. The van der Waals surface area contributed by atoms with Gasteiger partial charge in [0.05, 0.1) is 15.0 Å². The van der Waals surface area contributed by atoms with Gasteiger partial charge in [-0.15, -0.1) is 11.3 Å². The van der Waals surface area contributed by atoms with E-state index in [9.17, 15) is 19.7 Å². The molecule has 1 aliphatic rings. The maximum Gasteiger partial charge on any atom is 0.274 e. The second-order valence-electron chi connectivity index (χ2n) is 9.25. The number of rotatable bonds is 8. The first-order chi connectivity index (χ1) is 17.7. The van der Waals surface area contributed by atoms with Crippen LogP contribution in [0.25, 0.3) is 0 Å². The number of nitro groups is 1. The van der Waals surface area contributed by atoms with Gasteiger partial charge in [0.2, 0.25) is 0 Å². The molecule has 9 nitrogen and oxygen atoms in total. The molecule has 1 aromatic heterocycles. The number of amides is 2. The first-order valence-electron chi connectivity index (χ1n) is 11.8. The molecule has 0 spiro atoms. The molecule has 2 amide bonds. The van der Waals surface area contributed by atoms with Gasteiger partial charge in [-0.25, -0.2) is 4.98 Å². The summed E-state index contributed by atoms with van der Waals surface area (Å²) in [6.07, 6.45) is 1.44. The maximum absolute atomic E-state index is 13.2. The van der Waals surface area contributed by atoms with Crippen molar-refractivity contribution < 1.29 is 19.2 Å². The maximum atomic E-state index is 13.2. The number of ether oxygens (including phenoxy) is 1. The van der Waals surface area contributed by atoms with Crippen molar-refractivity contribution in [1.82, 2.24) is 15.2 Å². The molecule has 194 valence electrons. The van der Waals surface area contributed by atoms with Crippen LogP contribution in [0, 0.1) is 10.1 Å². The summed E-state index contributed by atoms with van der Waals surface area (Å²) in [5, 5.41) is 16.9. The molecular formula is C26H27ClN4O5S. The second kappa shape index (κ2) is 11.3. The monoisotopic (exact) mass is 542 g/mol. The van der Waals surface area contributed by atoms with Crippen molar-refractivity contribution in [3.05, 3.63) is 85.3 Å². The van der Waals surface area contributed by atoms with E-state index in [-0.39, 0.29) is 35.7 Å². The predicted molar refractivity (Wildman–Crippen MR) is 141 cm³/mol.